The van der Waals surface area contributed by atoms with E-state index in [2.05, 4.69) is 0 Å². The van der Waals surface area contributed by atoms with Crippen molar-refractivity contribution in [1.82, 2.24) is 8.87 Å². The maximum absolute atomic E-state index is 13.5. The summed E-state index contributed by atoms with van der Waals surface area (Å²) in [5.74, 6) is -0.839. The van der Waals surface area contributed by atoms with E-state index in [0.29, 0.717) is 22.5 Å². The number of carbonyl (C=O) groups excluding carboxylic acids is 2. The molecule has 1 aromatic heterocycles. The lowest BCUT2D eigenvalue weighted by Crippen LogP contribution is -2.44. The summed E-state index contributed by atoms with van der Waals surface area (Å²) in [7, 11) is -0.846. The molecule has 1 aromatic carbocycles. The number of hydrogen-bond donors (Lipinski definition) is 0. The number of benzene rings is 1. The molecule has 1 aliphatic rings. The van der Waals surface area contributed by atoms with Crippen molar-refractivity contribution in [2.75, 3.05) is 13.7 Å². The van der Waals surface area contributed by atoms with Crippen molar-refractivity contribution < 1.29 is 22.7 Å². The Morgan fingerprint density at radius 3 is 2.29 bits per heavy atom. The number of carbonyl (C=O) groups is 2. The van der Waals surface area contributed by atoms with Crippen molar-refractivity contribution in [3.8, 4) is 0 Å². The van der Waals surface area contributed by atoms with Gasteiger partial charge in [-0.3, -0.25) is 4.79 Å². The zero-order chi connectivity index (χ0) is 22.8. The Bertz CT molecular complexity index is 1070. The van der Waals surface area contributed by atoms with Gasteiger partial charge in [-0.1, -0.05) is 37.5 Å². The lowest BCUT2D eigenvalue weighted by molar-refractivity contribution is 0.0588. The third-order valence-electron chi connectivity index (χ3n) is 6.22. The number of hydrogen-bond acceptors (Lipinski definition) is 5. The van der Waals surface area contributed by atoms with Crippen LogP contribution in [0.25, 0.3) is 0 Å². The summed E-state index contributed by atoms with van der Waals surface area (Å²) in [6.45, 7) is 3.20. The Kier molecular flexibility index (Phi) is 7.01. The van der Waals surface area contributed by atoms with Crippen LogP contribution in [0.2, 0.25) is 0 Å². The lowest BCUT2D eigenvalue weighted by Gasteiger charge is -2.33. The van der Waals surface area contributed by atoms with E-state index in [1.54, 1.807) is 55.8 Å². The zero-order valence-corrected chi connectivity index (χ0v) is 19.4. The monoisotopic (exact) mass is 446 g/mol. The highest BCUT2D eigenvalue weighted by Gasteiger charge is 2.35. The van der Waals surface area contributed by atoms with Gasteiger partial charge in [-0.05, 0) is 44.4 Å². The SMILES string of the molecule is COC(=O)c1c(C)c(C(=O)CN(C2CCCCC2)S(=O)(=O)c2ccccc2)c(C)n1C. The summed E-state index contributed by atoms with van der Waals surface area (Å²) in [5, 5.41) is 0. The summed E-state index contributed by atoms with van der Waals surface area (Å²) < 4.78 is 34.8. The first kappa shape index (κ1) is 23.2. The number of ketones is 1. The minimum absolute atomic E-state index is 0.185. The van der Waals surface area contributed by atoms with Gasteiger partial charge in [-0.15, -0.1) is 0 Å². The van der Waals surface area contributed by atoms with Crippen molar-refractivity contribution in [1.29, 1.82) is 0 Å². The first-order valence-corrected chi connectivity index (χ1v) is 12.0. The molecular weight excluding hydrogens is 416 g/mol. The molecule has 7 nitrogen and oxygen atoms in total. The number of sulfonamides is 1. The van der Waals surface area contributed by atoms with Crippen LogP contribution in [0.4, 0.5) is 0 Å². The van der Waals surface area contributed by atoms with Crippen LogP contribution < -0.4 is 0 Å². The number of aromatic nitrogens is 1. The molecule has 0 radical (unpaired) electrons. The minimum Gasteiger partial charge on any atom is -0.464 e. The van der Waals surface area contributed by atoms with Crippen LogP contribution in [0.15, 0.2) is 35.2 Å². The molecule has 1 fully saturated rings. The van der Waals surface area contributed by atoms with Crippen molar-refractivity contribution in [3.05, 3.63) is 52.8 Å². The smallest absolute Gasteiger partial charge is 0.354 e. The van der Waals surface area contributed by atoms with Gasteiger partial charge in [0, 0.05) is 24.3 Å². The van der Waals surface area contributed by atoms with Crippen LogP contribution in [0.1, 0.15) is 64.2 Å². The first-order chi connectivity index (χ1) is 14.7. The number of rotatable bonds is 7. The summed E-state index contributed by atoms with van der Waals surface area (Å²) in [5.41, 5.74) is 1.81. The lowest BCUT2D eigenvalue weighted by atomic mass is 9.95. The third kappa shape index (κ3) is 4.45. The van der Waals surface area contributed by atoms with E-state index in [-0.39, 0.29) is 23.3 Å². The Morgan fingerprint density at radius 2 is 1.71 bits per heavy atom. The number of nitrogens with zero attached hydrogens (tertiary/aromatic N) is 2. The average molecular weight is 447 g/mol. The van der Waals surface area contributed by atoms with Crippen LogP contribution in [0.5, 0.6) is 0 Å². The Balaban J connectivity index is 2.01. The maximum Gasteiger partial charge on any atom is 0.354 e. The van der Waals surface area contributed by atoms with Crippen molar-refractivity contribution in [2.24, 2.45) is 7.05 Å². The van der Waals surface area contributed by atoms with Crippen LogP contribution >= 0.6 is 0 Å². The maximum atomic E-state index is 13.5. The van der Waals surface area contributed by atoms with Crippen LogP contribution in [-0.4, -0.2) is 48.7 Å². The number of esters is 1. The molecule has 2 aromatic rings. The zero-order valence-electron chi connectivity index (χ0n) is 18.6. The van der Waals surface area contributed by atoms with E-state index in [9.17, 15) is 18.0 Å². The van der Waals surface area contributed by atoms with Crippen molar-refractivity contribution in [2.45, 2.75) is 56.9 Å². The second-order valence-electron chi connectivity index (χ2n) is 8.06. The second-order valence-corrected chi connectivity index (χ2v) is 9.95. The summed E-state index contributed by atoms with van der Waals surface area (Å²) in [6.07, 6.45) is 4.42. The van der Waals surface area contributed by atoms with Crippen molar-refractivity contribution in [3.63, 3.8) is 0 Å². The quantitative estimate of drug-likeness (QED) is 0.479. The molecule has 1 saturated carbocycles. The summed E-state index contributed by atoms with van der Waals surface area (Å²) in [4.78, 5) is 25.8. The van der Waals surface area contributed by atoms with Gasteiger partial charge < -0.3 is 9.30 Å². The molecule has 0 unspecified atom stereocenters. The molecule has 1 aliphatic carbocycles. The minimum atomic E-state index is -3.84. The van der Waals surface area contributed by atoms with E-state index in [0.717, 1.165) is 32.1 Å². The van der Waals surface area contributed by atoms with Gasteiger partial charge in [-0.25, -0.2) is 13.2 Å². The number of Topliss-reactive ketones (excluding diaryl/α,β-unsaturated/α-hetero) is 1. The molecule has 168 valence electrons. The normalized spacial score (nSPS) is 15.3. The van der Waals surface area contributed by atoms with Gasteiger partial charge in [0.1, 0.15) is 5.69 Å². The molecule has 0 atom stereocenters. The predicted molar refractivity (Wildman–Crippen MR) is 118 cm³/mol. The largest absolute Gasteiger partial charge is 0.464 e. The highest BCUT2D eigenvalue weighted by atomic mass is 32.2. The molecule has 0 N–H and O–H groups in total. The first-order valence-electron chi connectivity index (χ1n) is 10.5. The Labute approximate surface area is 184 Å². The van der Waals surface area contributed by atoms with Gasteiger partial charge in [-0.2, -0.15) is 4.31 Å². The topological polar surface area (TPSA) is 85.7 Å². The van der Waals surface area contributed by atoms with E-state index >= 15 is 0 Å². The summed E-state index contributed by atoms with van der Waals surface area (Å²) in [6, 6.07) is 8.03. The van der Waals surface area contributed by atoms with Crippen LogP contribution in [-0.2, 0) is 21.8 Å². The van der Waals surface area contributed by atoms with Gasteiger partial charge in [0.15, 0.2) is 5.78 Å². The molecule has 31 heavy (non-hydrogen) atoms. The molecule has 0 spiro atoms. The van der Waals surface area contributed by atoms with Crippen LogP contribution in [0.3, 0.4) is 0 Å². The molecule has 0 amide bonds. The van der Waals surface area contributed by atoms with E-state index in [1.165, 1.54) is 11.4 Å². The average Bonchev–Trinajstić information content (AvgIpc) is 3.00. The number of ether oxygens (including phenoxy) is 1. The third-order valence-corrected chi connectivity index (χ3v) is 8.13. The number of methoxy groups -OCH3 is 1. The molecule has 3 rings (SSSR count). The molecule has 0 aliphatic heterocycles. The fraction of sp³-hybridized carbons (Fsp3) is 0.478. The van der Waals surface area contributed by atoms with Gasteiger partial charge >= 0.3 is 5.97 Å². The molecule has 0 bridgehead atoms. The standard InChI is InChI=1S/C23H30N2O5S/c1-16-21(17(2)24(3)22(16)23(27)30-4)20(26)15-25(18-11-7-5-8-12-18)31(28,29)19-13-9-6-10-14-19/h6,9-10,13-14,18H,5,7-8,11-12,15H2,1-4H3. The molecular formula is C23H30N2O5S. The molecule has 8 heteroatoms. The van der Waals surface area contributed by atoms with Gasteiger partial charge in [0.25, 0.3) is 0 Å². The summed E-state index contributed by atoms with van der Waals surface area (Å²) >= 11 is 0. The highest BCUT2D eigenvalue weighted by molar-refractivity contribution is 7.89. The second kappa shape index (κ2) is 9.36. The molecule has 1 heterocycles. The van der Waals surface area contributed by atoms with Crippen LogP contribution in [0, 0.1) is 13.8 Å². The predicted octanol–water partition coefficient (Wildman–Crippen LogP) is 3.63. The Morgan fingerprint density at radius 1 is 1.10 bits per heavy atom. The van der Waals surface area contributed by atoms with E-state index in [1.807, 2.05) is 0 Å². The molecule has 0 saturated heterocycles. The van der Waals surface area contributed by atoms with Gasteiger partial charge in [0.2, 0.25) is 10.0 Å². The van der Waals surface area contributed by atoms with Crippen molar-refractivity contribution >= 4 is 21.8 Å². The van der Waals surface area contributed by atoms with Gasteiger partial charge in [0.05, 0.1) is 18.6 Å². The highest BCUT2D eigenvalue weighted by Crippen LogP contribution is 2.29. The fourth-order valence-corrected chi connectivity index (χ4v) is 6.16. The fourth-order valence-electron chi connectivity index (χ4n) is 4.50. The van der Waals surface area contributed by atoms with E-state index < -0.39 is 16.0 Å². The van der Waals surface area contributed by atoms with E-state index in [4.69, 9.17) is 4.74 Å². The Hall–Kier alpha value is -2.45.